The third kappa shape index (κ3) is 4.39. The molecule has 0 radical (unpaired) electrons. The monoisotopic (exact) mass is 325 g/mol. The minimum atomic E-state index is 0.114. The Morgan fingerprint density at radius 1 is 0.958 bits per heavy atom. The van der Waals surface area contributed by atoms with Gasteiger partial charge in [-0.25, -0.2) is 0 Å². The first-order valence-electron chi connectivity index (χ1n) is 8.63. The van der Waals surface area contributed by atoms with Gasteiger partial charge in [-0.2, -0.15) is 0 Å². The number of pyridine rings is 1. The Bertz CT molecular complexity index is 621. The lowest BCUT2D eigenvalue weighted by atomic mass is 9.83. The SMILES string of the molecule is NC1CNCC(N)C1Cc1ccccc1CNCc1ccccn1. The lowest BCUT2D eigenvalue weighted by Gasteiger charge is -2.35. The molecule has 2 unspecified atom stereocenters. The molecule has 1 aliphatic rings. The Hall–Kier alpha value is -1.79. The highest BCUT2D eigenvalue weighted by Crippen LogP contribution is 2.20. The van der Waals surface area contributed by atoms with E-state index in [0.29, 0.717) is 5.92 Å². The average molecular weight is 325 g/mol. The van der Waals surface area contributed by atoms with Crippen molar-refractivity contribution in [2.75, 3.05) is 13.1 Å². The van der Waals surface area contributed by atoms with Crippen molar-refractivity contribution < 1.29 is 0 Å². The quantitative estimate of drug-likeness (QED) is 0.630. The summed E-state index contributed by atoms with van der Waals surface area (Å²) in [5.41, 5.74) is 16.3. The second-order valence-electron chi connectivity index (χ2n) is 6.55. The summed E-state index contributed by atoms with van der Waals surface area (Å²) in [6, 6.07) is 14.8. The Morgan fingerprint density at radius 2 is 1.67 bits per heavy atom. The van der Waals surface area contributed by atoms with Gasteiger partial charge >= 0.3 is 0 Å². The molecule has 0 bridgehead atoms. The van der Waals surface area contributed by atoms with Gasteiger partial charge in [0.1, 0.15) is 0 Å². The van der Waals surface area contributed by atoms with E-state index >= 15 is 0 Å². The molecule has 2 aromatic rings. The fourth-order valence-corrected chi connectivity index (χ4v) is 3.35. The highest BCUT2D eigenvalue weighted by molar-refractivity contribution is 5.28. The Kier molecular flexibility index (Phi) is 5.93. The maximum absolute atomic E-state index is 6.28. The van der Waals surface area contributed by atoms with Gasteiger partial charge in [0.05, 0.1) is 5.69 Å². The van der Waals surface area contributed by atoms with Crippen LogP contribution in [0.25, 0.3) is 0 Å². The van der Waals surface area contributed by atoms with E-state index in [2.05, 4.69) is 39.9 Å². The van der Waals surface area contributed by atoms with Crippen LogP contribution in [0.15, 0.2) is 48.7 Å². The molecule has 1 aliphatic heterocycles. The average Bonchev–Trinajstić information content (AvgIpc) is 2.60. The smallest absolute Gasteiger partial charge is 0.0541 e. The molecule has 24 heavy (non-hydrogen) atoms. The van der Waals surface area contributed by atoms with Crippen molar-refractivity contribution in [2.45, 2.75) is 31.6 Å². The molecule has 1 aromatic carbocycles. The number of hydrogen-bond donors (Lipinski definition) is 4. The molecule has 0 saturated carbocycles. The molecule has 2 heterocycles. The Balaban J connectivity index is 1.62. The van der Waals surface area contributed by atoms with Gasteiger partial charge in [0, 0.05) is 44.5 Å². The van der Waals surface area contributed by atoms with Crippen molar-refractivity contribution in [3.63, 3.8) is 0 Å². The second kappa shape index (κ2) is 8.35. The van der Waals surface area contributed by atoms with Gasteiger partial charge in [-0.05, 0) is 35.6 Å². The van der Waals surface area contributed by atoms with Crippen LogP contribution in [0.1, 0.15) is 16.8 Å². The number of rotatable bonds is 6. The molecule has 1 aromatic heterocycles. The van der Waals surface area contributed by atoms with Crippen LogP contribution in [0.2, 0.25) is 0 Å². The Labute approximate surface area is 143 Å². The molecule has 1 saturated heterocycles. The zero-order valence-corrected chi connectivity index (χ0v) is 14.0. The van der Waals surface area contributed by atoms with E-state index < -0.39 is 0 Å². The van der Waals surface area contributed by atoms with Crippen LogP contribution in [0, 0.1) is 5.92 Å². The summed E-state index contributed by atoms with van der Waals surface area (Å²) in [5, 5.41) is 6.78. The summed E-state index contributed by atoms with van der Waals surface area (Å²) in [6.07, 6.45) is 2.76. The summed E-state index contributed by atoms with van der Waals surface area (Å²) in [4.78, 5) is 4.34. The van der Waals surface area contributed by atoms with Crippen LogP contribution in [-0.4, -0.2) is 30.2 Å². The van der Waals surface area contributed by atoms with Crippen molar-refractivity contribution >= 4 is 0 Å². The zero-order valence-electron chi connectivity index (χ0n) is 14.0. The number of nitrogens with one attached hydrogen (secondary N) is 2. The van der Waals surface area contributed by atoms with E-state index in [0.717, 1.165) is 38.3 Å². The molecule has 2 atom stereocenters. The molecule has 5 nitrogen and oxygen atoms in total. The van der Waals surface area contributed by atoms with Crippen molar-refractivity contribution in [1.82, 2.24) is 15.6 Å². The van der Waals surface area contributed by atoms with Crippen molar-refractivity contribution in [2.24, 2.45) is 17.4 Å². The third-order valence-corrected chi connectivity index (χ3v) is 4.78. The number of piperidine rings is 1. The molecular formula is C19H27N5. The normalized spacial score (nSPS) is 24.0. The summed E-state index contributed by atoms with van der Waals surface area (Å²) < 4.78 is 0. The van der Waals surface area contributed by atoms with Gasteiger partial charge in [-0.1, -0.05) is 30.3 Å². The molecule has 1 fully saturated rings. The fourth-order valence-electron chi connectivity index (χ4n) is 3.35. The van der Waals surface area contributed by atoms with E-state index in [1.165, 1.54) is 11.1 Å². The number of aromatic nitrogens is 1. The molecule has 0 aliphatic carbocycles. The molecule has 6 N–H and O–H groups in total. The predicted octanol–water partition coefficient (Wildman–Crippen LogP) is 0.788. The summed E-state index contributed by atoms with van der Waals surface area (Å²) in [5.74, 6) is 0.322. The predicted molar refractivity (Wildman–Crippen MR) is 97.2 cm³/mol. The van der Waals surface area contributed by atoms with Gasteiger partial charge in [0.2, 0.25) is 0 Å². The van der Waals surface area contributed by atoms with Crippen LogP contribution in [0.4, 0.5) is 0 Å². The molecule has 5 heteroatoms. The number of nitrogens with two attached hydrogens (primary N) is 2. The molecular weight excluding hydrogens is 298 g/mol. The number of benzene rings is 1. The first-order chi connectivity index (χ1) is 11.7. The number of hydrogen-bond acceptors (Lipinski definition) is 5. The first kappa shape index (κ1) is 17.0. The van der Waals surface area contributed by atoms with Crippen molar-refractivity contribution in [3.8, 4) is 0 Å². The maximum Gasteiger partial charge on any atom is 0.0541 e. The van der Waals surface area contributed by atoms with Crippen LogP contribution in [0.5, 0.6) is 0 Å². The van der Waals surface area contributed by atoms with Gasteiger partial charge in [-0.15, -0.1) is 0 Å². The fraction of sp³-hybridized carbons (Fsp3) is 0.421. The van der Waals surface area contributed by atoms with Crippen molar-refractivity contribution in [3.05, 3.63) is 65.5 Å². The minimum absolute atomic E-state index is 0.114. The van der Waals surface area contributed by atoms with Gasteiger partial charge in [0.25, 0.3) is 0 Å². The Morgan fingerprint density at radius 3 is 2.38 bits per heavy atom. The summed E-state index contributed by atoms with van der Waals surface area (Å²) in [7, 11) is 0. The lowest BCUT2D eigenvalue weighted by Crippen LogP contribution is -2.57. The second-order valence-corrected chi connectivity index (χ2v) is 6.55. The zero-order chi connectivity index (χ0) is 16.8. The molecule has 3 rings (SSSR count). The van der Waals surface area contributed by atoms with Gasteiger partial charge in [0.15, 0.2) is 0 Å². The largest absolute Gasteiger partial charge is 0.326 e. The number of nitrogens with zero attached hydrogens (tertiary/aromatic N) is 1. The van der Waals surface area contributed by atoms with E-state index in [1.807, 2.05) is 24.4 Å². The van der Waals surface area contributed by atoms with Gasteiger partial charge < -0.3 is 22.1 Å². The van der Waals surface area contributed by atoms with E-state index in [1.54, 1.807) is 0 Å². The van der Waals surface area contributed by atoms with Crippen LogP contribution >= 0.6 is 0 Å². The van der Waals surface area contributed by atoms with E-state index in [-0.39, 0.29) is 12.1 Å². The van der Waals surface area contributed by atoms with E-state index in [4.69, 9.17) is 11.5 Å². The molecule has 128 valence electrons. The lowest BCUT2D eigenvalue weighted by molar-refractivity contribution is 0.280. The van der Waals surface area contributed by atoms with Crippen molar-refractivity contribution in [1.29, 1.82) is 0 Å². The van der Waals surface area contributed by atoms with Crippen LogP contribution in [-0.2, 0) is 19.5 Å². The van der Waals surface area contributed by atoms with Crippen LogP contribution in [0.3, 0.4) is 0 Å². The minimum Gasteiger partial charge on any atom is -0.326 e. The summed E-state index contributed by atoms with van der Waals surface area (Å²) in [6.45, 7) is 3.28. The first-order valence-corrected chi connectivity index (χ1v) is 8.63. The highest BCUT2D eigenvalue weighted by Gasteiger charge is 2.28. The topological polar surface area (TPSA) is 89.0 Å². The molecule has 0 spiro atoms. The van der Waals surface area contributed by atoms with E-state index in [9.17, 15) is 0 Å². The third-order valence-electron chi connectivity index (χ3n) is 4.78. The maximum atomic E-state index is 6.28. The van der Waals surface area contributed by atoms with Gasteiger partial charge in [-0.3, -0.25) is 4.98 Å². The van der Waals surface area contributed by atoms with Crippen LogP contribution < -0.4 is 22.1 Å². The summed E-state index contributed by atoms with van der Waals surface area (Å²) >= 11 is 0. The standard InChI is InChI=1S/C19H27N5/c20-18-12-23-13-19(21)17(18)9-14-5-1-2-6-15(14)10-22-11-16-7-3-4-8-24-16/h1-8,17-19,22-23H,9-13,20-21H2. The molecule has 0 amide bonds. The highest BCUT2D eigenvalue weighted by atomic mass is 15.0.